The van der Waals surface area contributed by atoms with Crippen LogP contribution in [0.2, 0.25) is 0 Å². The Hall–Kier alpha value is -0.610. The number of hydrogen-bond acceptors (Lipinski definition) is 3. The van der Waals surface area contributed by atoms with Gasteiger partial charge in [-0.2, -0.15) is 0 Å². The number of amides is 1. The van der Waals surface area contributed by atoms with E-state index < -0.39 is 0 Å². The number of methoxy groups -OCH3 is 1. The minimum Gasteiger partial charge on any atom is -0.385 e. The van der Waals surface area contributed by atoms with E-state index in [2.05, 4.69) is 19.2 Å². The second-order valence-electron chi connectivity index (χ2n) is 4.63. The summed E-state index contributed by atoms with van der Waals surface area (Å²) in [5, 5.41) is 3.31. The lowest BCUT2D eigenvalue weighted by molar-refractivity contribution is -0.138. The van der Waals surface area contributed by atoms with Gasteiger partial charge in [-0.1, -0.05) is 0 Å². The molecular formula is C11H22N2O2. The monoisotopic (exact) mass is 214 g/mol. The predicted molar refractivity (Wildman–Crippen MR) is 59.8 cm³/mol. The Morgan fingerprint density at radius 2 is 2.27 bits per heavy atom. The van der Waals surface area contributed by atoms with E-state index in [1.165, 1.54) is 0 Å². The fourth-order valence-corrected chi connectivity index (χ4v) is 1.95. The van der Waals surface area contributed by atoms with Crippen molar-refractivity contribution in [2.24, 2.45) is 0 Å². The van der Waals surface area contributed by atoms with E-state index >= 15 is 0 Å². The molecular weight excluding hydrogens is 192 g/mol. The van der Waals surface area contributed by atoms with E-state index in [0.29, 0.717) is 13.0 Å². The fraction of sp³-hybridized carbons (Fsp3) is 0.909. The summed E-state index contributed by atoms with van der Waals surface area (Å²) in [5.74, 6) is 0.249. The second kappa shape index (κ2) is 5.47. The van der Waals surface area contributed by atoms with Crippen LogP contribution in [0.15, 0.2) is 0 Å². The maximum Gasteiger partial charge on any atom is 0.223 e. The topological polar surface area (TPSA) is 41.6 Å². The lowest BCUT2D eigenvalue weighted by atomic mass is 9.99. The molecule has 0 unspecified atom stereocenters. The standard InChI is InChI=1S/C11H22N2O2/c1-11(2)9-12-6-7-13(11)10(14)5-4-8-15-3/h12H,4-9H2,1-3H3. The summed E-state index contributed by atoms with van der Waals surface area (Å²) < 4.78 is 4.95. The molecule has 0 aliphatic carbocycles. The van der Waals surface area contributed by atoms with Crippen molar-refractivity contribution in [3.63, 3.8) is 0 Å². The van der Waals surface area contributed by atoms with Crippen molar-refractivity contribution in [2.75, 3.05) is 33.4 Å². The van der Waals surface area contributed by atoms with Crippen LogP contribution in [0, 0.1) is 0 Å². The Morgan fingerprint density at radius 3 is 2.87 bits per heavy atom. The molecule has 1 aliphatic heterocycles. The van der Waals surface area contributed by atoms with E-state index in [0.717, 1.165) is 26.1 Å². The number of nitrogens with zero attached hydrogens (tertiary/aromatic N) is 1. The largest absolute Gasteiger partial charge is 0.385 e. The van der Waals surface area contributed by atoms with Crippen molar-refractivity contribution in [3.05, 3.63) is 0 Å². The van der Waals surface area contributed by atoms with Crippen LogP contribution >= 0.6 is 0 Å². The quantitative estimate of drug-likeness (QED) is 0.698. The first-order valence-corrected chi connectivity index (χ1v) is 5.58. The van der Waals surface area contributed by atoms with Gasteiger partial charge in [0.2, 0.25) is 5.91 Å². The summed E-state index contributed by atoms with van der Waals surface area (Å²) >= 11 is 0. The number of ether oxygens (including phenoxy) is 1. The molecule has 15 heavy (non-hydrogen) atoms. The highest BCUT2D eigenvalue weighted by Crippen LogP contribution is 2.17. The number of rotatable bonds is 4. The molecule has 0 spiro atoms. The van der Waals surface area contributed by atoms with Crippen molar-refractivity contribution < 1.29 is 9.53 Å². The van der Waals surface area contributed by atoms with Gasteiger partial charge in [-0.3, -0.25) is 4.79 Å². The van der Waals surface area contributed by atoms with Gasteiger partial charge in [0.15, 0.2) is 0 Å². The second-order valence-corrected chi connectivity index (χ2v) is 4.63. The van der Waals surface area contributed by atoms with Gasteiger partial charge in [0.1, 0.15) is 0 Å². The van der Waals surface area contributed by atoms with Crippen LogP contribution in [0.3, 0.4) is 0 Å². The molecule has 1 saturated heterocycles. The van der Waals surface area contributed by atoms with Gasteiger partial charge < -0.3 is 15.0 Å². The molecule has 88 valence electrons. The van der Waals surface area contributed by atoms with Crippen LogP contribution in [0.1, 0.15) is 26.7 Å². The molecule has 0 aromatic heterocycles. The molecule has 1 N–H and O–H groups in total. The smallest absolute Gasteiger partial charge is 0.223 e. The zero-order valence-electron chi connectivity index (χ0n) is 10.0. The molecule has 0 atom stereocenters. The average molecular weight is 214 g/mol. The van der Waals surface area contributed by atoms with Gasteiger partial charge in [0, 0.05) is 45.3 Å². The van der Waals surface area contributed by atoms with Crippen molar-refractivity contribution in [3.8, 4) is 0 Å². The number of carbonyl (C=O) groups is 1. The minimum atomic E-state index is -0.0532. The zero-order valence-corrected chi connectivity index (χ0v) is 10.0. The number of nitrogens with one attached hydrogen (secondary N) is 1. The van der Waals surface area contributed by atoms with E-state index in [-0.39, 0.29) is 11.4 Å². The Labute approximate surface area is 92.0 Å². The van der Waals surface area contributed by atoms with Crippen LogP contribution in [0.25, 0.3) is 0 Å². The number of carbonyl (C=O) groups excluding carboxylic acids is 1. The molecule has 4 heteroatoms. The van der Waals surface area contributed by atoms with Crippen LogP contribution in [-0.2, 0) is 9.53 Å². The Kier molecular flexibility index (Phi) is 4.54. The molecule has 4 nitrogen and oxygen atoms in total. The van der Waals surface area contributed by atoms with E-state index in [1.807, 2.05) is 4.90 Å². The first-order chi connectivity index (χ1) is 7.08. The Bertz CT molecular complexity index is 217. The Balaban J connectivity index is 2.42. The lowest BCUT2D eigenvalue weighted by Crippen LogP contribution is -2.59. The zero-order chi connectivity index (χ0) is 11.3. The maximum absolute atomic E-state index is 11.9. The van der Waals surface area contributed by atoms with Gasteiger partial charge in [0.25, 0.3) is 0 Å². The molecule has 0 aromatic carbocycles. The van der Waals surface area contributed by atoms with E-state index in [4.69, 9.17) is 4.74 Å². The fourth-order valence-electron chi connectivity index (χ4n) is 1.95. The first-order valence-electron chi connectivity index (χ1n) is 5.58. The third kappa shape index (κ3) is 3.47. The van der Waals surface area contributed by atoms with Gasteiger partial charge in [-0.05, 0) is 20.3 Å². The molecule has 1 aliphatic rings. The summed E-state index contributed by atoms with van der Waals surface area (Å²) in [4.78, 5) is 13.9. The van der Waals surface area contributed by atoms with Gasteiger partial charge in [0.05, 0.1) is 0 Å². The van der Waals surface area contributed by atoms with Crippen LogP contribution in [0.5, 0.6) is 0 Å². The highest BCUT2D eigenvalue weighted by atomic mass is 16.5. The summed E-state index contributed by atoms with van der Waals surface area (Å²) in [6.45, 7) is 7.47. The molecule has 1 heterocycles. The van der Waals surface area contributed by atoms with Crippen LogP contribution in [-0.4, -0.2) is 49.7 Å². The van der Waals surface area contributed by atoms with E-state index in [9.17, 15) is 4.79 Å². The average Bonchev–Trinajstić information content (AvgIpc) is 2.17. The van der Waals surface area contributed by atoms with Gasteiger partial charge in [-0.15, -0.1) is 0 Å². The molecule has 0 saturated carbocycles. The van der Waals surface area contributed by atoms with Crippen molar-refractivity contribution >= 4 is 5.91 Å². The minimum absolute atomic E-state index is 0.0532. The summed E-state index contributed by atoms with van der Waals surface area (Å²) in [6.07, 6.45) is 1.41. The highest BCUT2D eigenvalue weighted by Gasteiger charge is 2.32. The highest BCUT2D eigenvalue weighted by molar-refractivity contribution is 5.77. The van der Waals surface area contributed by atoms with Crippen LogP contribution < -0.4 is 5.32 Å². The van der Waals surface area contributed by atoms with Gasteiger partial charge >= 0.3 is 0 Å². The number of hydrogen-bond donors (Lipinski definition) is 1. The van der Waals surface area contributed by atoms with E-state index in [1.54, 1.807) is 7.11 Å². The number of piperazine rings is 1. The molecule has 1 fully saturated rings. The molecule has 0 bridgehead atoms. The molecule has 0 radical (unpaired) electrons. The molecule has 1 amide bonds. The van der Waals surface area contributed by atoms with Crippen LogP contribution in [0.4, 0.5) is 0 Å². The third-order valence-electron chi connectivity index (χ3n) is 2.84. The maximum atomic E-state index is 11.9. The first kappa shape index (κ1) is 12.5. The van der Waals surface area contributed by atoms with Gasteiger partial charge in [-0.25, -0.2) is 0 Å². The molecule has 1 rings (SSSR count). The SMILES string of the molecule is COCCCC(=O)N1CCNCC1(C)C. The summed E-state index contributed by atoms with van der Waals surface area (Å²) in [6, 6.07) is 0. The normalized spacial score (nSPS) is 20.3. The predicted octanol–water partition coefficient (Wildman–Crippen LogP) is 0.623. The lowest BCUT2D eigenvalue weighted by Gasteiger charge is -2.43. The third-order valence-corrected chi connectivity index (χ3v) is 2.84. The molecule has 0 aromatic rings. The summed E-state index contributed by atoms with van der Waals surface area (Å²) in [7, 11) is 1.67. The van der Waals surface area contributed by atoms with Crippen molar-refractivity contribution in [2.45, 2.75) is 32.2 Å². The summed E-state index contributed by atoms with van der Waals surface area (Å²) in [5.41, 5.74) is -0.0532. The Morgan fingerprint density at radius 1 is 1.53 bits per heavy atom. The van der Waals surface area contributed by atoms with Crippen molar-refractivity contribution in [1.29, 1.82) is 0 Å². The van der Waals surface area contributed by atoms with Crippen molar-refractivity contribution in [1.82, 2.24) is 10.2 Å².